The number of benzene rings is 3. The number of thiazole rings is 1. The van der Waals surface area contributed by atoms with E-state index in [0.29, 0.717) is 5.13 Å². The molecular formula is C29H25N5O3S. The summed E-state index contributed by atoms with van der Waals surface area (Å²) in [5.74, 6) is -1.23. The Morgan fingerprint density at radius 2 is 1.50 bits per heavy atom. The van der Waals surface area contributed by atoms with E-state index < -0.39 is 11.5 Å². The third kappa shape index (κ3) is 5.05. The number of aryl methyl sites for hydroxylation is 1. The molecule has 0 radical (unpaired) electrons. The molecule has 0 amide bonds. The number of anilines is 1. The maximum Gasteiger partial charge on any atom is 0.360 e. The molecule has 3 aromatic carbocycles. The fourth-order valence-electron chi connectivity index (χ4n) is 4.28. The number of aliphatic carboxylic acids is 1. The fraction of sp³-hybridized carbons (Fsp3) is 0.103. The number of nitrogens with zero attached hydrogens (tertiary/aromatic N) is 4. The van der Waals surface area contributed by atoms with Gasteiger partial charge < -0.3 is 15.3 Å². The highest BCUT2D eigenvalue weighted by Crippen LogP contribution is 2.40. The average Bonchev–Trinajstić information content (AvgIpc) is 3.59. The Morgan fingerprint density at radius 1 is 0.947 bits per heavy atom. The van der Waals surface area contributed by atoms with Gasteiger partial charge in [0.1, 0.15) is 11.2 Å². The van der Waals surface area contributed by atoms with Gasteiger partial charge in [-0.05, 0) is 22.8 Å². The minimum atomic E-state index is -1.23. The lowest BCUT2D eigenvalue weighted by atomic mass is 9.77. The second-order valence-corrected chi connectivity index (χ2v) is 9.33. The van der Waals surface area contributed by atoms with Gasteiger partial charge in [0, 0.05) is 18.6 Å². The number of hydrogen-bond donors (Lipinski definition) is 2. The topological polar surface area (TPSA) is 102 Å². The van der Waals surface area contributed by atoms with Gasteiger partial charge in [-0.15, -0.1) is 11.3 Å². The Labute approximate surface area is 223 Å². The zero-order chi connectivity index (χ0) is 26.4. The molecule has 9 heteroatoms. The Balaban J connectivity index is 1.54. The third-order valence-electron chi connectivity index (χ3n) is 6.15. The first-order valence-electron chi connectivity index (χ1n) is 11.9. The fourth-order valence-corrected chi connectivity index (χ4v) is 5.03. The van der Waals surface area contributed by atoms with Crippen LogP contribution in [0.15, 0.2) is 114 Å². The van der Waals surface area contributed by atoms with E-state index in [1.807, 2.05) is 54.6 Å². The summed E-state index contributed by atoms with van der Waals surface area (Å²) in [6.07, 6.45) is 1.64. The van der Waals surface area contributed by atoms with Crippen molar-refractivity contribution >= 4 is 28.1 Å². The monoisotopic (exact) mass is 523 g/mol. The molecule has 38 heavy (non-hydrogen) atoms. The van der Waals surface area contributed by atoms with Gasteiger partial charge in [-0.3, -0.25) is 4.68 Å². The SMILES string of the molecule is Cn1nccc1CO/N=C(/C(=O)O)c1csc(NC(c2ccccc2)(c2ccccc2)c2ccccc2)n1. The van der Waals surface area contributed by atoms with Gasteiger partial charge in [0.15, 0.2) is 11.7 Å². The first-order valence-corrected chi connectivity index (χ1v) is 12.8. The van der Waals surface area contributed by atoms with E-state index in [0.717, 1.165) is 22.4 Å². The van der Waals surface area contributed by atoms with Gasteiger partial charge in [0.2, 0.25) is 5.71 Å². The minimum Gasteiger partial charge on any atom is -0.476 e. The normalized spacial score (nSPS) is 11.8. The molecule has 2 N–H and O–H groups in total. The van der Waals surface area contributed by atoms with Crippen LogP contribution in [0.3, 0.4) is 0 Å². The van der Waals surface area contributed by atoms with Crippen molar-refractivity contribution in [2.24, 2.45) is 12.2 Å². The highest BCUT2D eigenvalue weighted by molar-refractivity contribution is 7.14. The van der Waals surface area contributed by atoms with Crippen LogP contribution in [0.2, 0.25) is 0 Å². The lowest BCUT2D eigenvalue weighted by molar-refractivity contribution is -0.129. The molecule has 0 fully saturated rings. The first-order chi connectivity index (χ1) is 18.6. The molecule has 190 valence electrons. The largest absolute Gasteiger partial charge is 0.476 e. The van der Waals surface area contributed by atoms with Gasteiger partial charge in [0.25, 0.3) is 0 Å². The lowest BCUT2D eigenvalue weighted by Gasteiger charge is -2.36. The molecule has 2 aromatic heterocycles. The Hall–Kier alpha value is -4.76. The average molecular weight is 524 g/mol. The van der Waals surface area contributed by atoms with Crippen LogP contribution in [-0.2, 0) is 28.8 Å². The summed E-state index contributed by atoms with van der Waals surface area (Å²) in [6, 6.07) is 32.1. The quantitative estimate of drug-likeness (QED) is 0.147. The van der Waals surface area contributed by atoms with Crippen LogP contribution in [-0.4, -0.2) is 31.6 Å². The molecule has 2 heterocycles. The molecule has 0 spiro atoms. The summed E-state index contributed by atoms with van der Waals surface area (Å²) in [4.78, 5) is 22.0. The maximum absolute atomic E-state index is 12.0. The lowest BCUT2D eigenvalue weighted by Crippen LogP contribution is -2.38. The van der Waals surface area contributed by atoms with E-state index in [4.69, 9.17) is 4.84 Å². The number of carbonyl (C=O) groups is 1. The number of aromatic nitrogens is 3. The van der Waals surface area contributed by atoms with Gasteiger partial charge in [-0.25, -0.2) is 9.78 Å². The van der Waals surface area contributed by atoms with Crippen LogP contribution in [0.25, 0.3) is 0 Å². The zero-order valence-corrected chi connectivity index (χ0v) is 21.4. The summed E-state index contributed by atoms with van der Waals surface area (Å²) in [5.41, 5.74) is 2.95. The highest BCUT2D eigenvalue weighted by Gasteiger charge is 2.37. The van der Waals surface area contributed by atoms with Crippen molar-refractivity contribution in [2.45, 2.75) is 12.1 Å². The van der Waals surface area contributed by atoms with E-state index in [2.05, 4.69) is 57.0 Å². The van der Waals surface area contributed by atoms with E-state index in [1.165, 1.54) is 11.3 Å². The summed E-state index contributed by atoms with van der Waals surface area (Å²) in [5, 5.41) is 23.6. The molecule has 5 rings (SSSR count). The smallest absolute Gasteiger partial charge is 0.360 e. The molecule has 0 aliphatic heterocycles. The standard InChI is InChI=1S/C29H25N5O3S/c1-34-24(17-18-30-34)19-37-33-26(27(35)36)25-20-38-28(31-25)32-29(21-11-5-2-6-12-21,22-13-7-3-8-14-22)23-15-9-4-10-16-23/h2-18,20H,19H2,1H3,(H,31,32)(H,35,36)/b33-26+. The van der Waals surface area contributed by atoms with Crippen molar-refractivity contribution in [1.82, 2.24) is 14.8 Å². The van der Waals surface area contributed by atoms with E-state index in [-0.39, 0.29) is 18.0 Å². The molecule has 0 unspecified atom stereocenters. The van der Waals surface area contributed by atoms with Gasteiger partial charge in [-0.2, -0.15) is 5.10 Å². The Morgan fingerprint density at radius 3 is 1.97 bits per heavy atom. The highest BCUT2D eigenvalue weighted by atomic mass is 32.1. The predicted molar refractivity (Wildman–Crippen MR) is 147 cm³/mol. The second kappa shape index (κ2) is 11.1. The van der Waals surface area contributed by atoms with Crippen molar-refractivity contribution in [1.29, 1.82) is 0 Å². The van der Waals surface area contributed by atoms with Crippen LogP contribution in [0, 0.1) is 0 Å². The maximum atomic E-state index is 12.0. The predicted octanol–water partition coefficient (Wildman–Crippen LogP) is 5.29. The van der Waals surface area contributed by atoms with E-state index in [9.17, 15) is 9.90 Å². The van der Waals surface area contributed by atoms with Crippen molar-refractivity contribution in [3.8, 4) is 0 Å². The number of nitrogens with one attached hydrogen (secondary N) is 1. The molecule has 5 aromatic rings. The summed E-state index contributed by atoms with van der Waals surface area (Å²) in [6.45, 7) is 0.0850. The van der Waals surface area contributed by atoms with Gasteiger partial charge in [-0.1, -0.05) is 96.2 Å². The molecule has 0 aliphatic rings. The van der Waals surface area contributed by atoms with E-state index in [1.54, 1.807) is 29.4 Å². The number of oxime groups is 1. The minimum absolute atomic E-state index is 0.0850. The summed E-state index contributed by atoms with van der Waals surface area (Å²) >= 11 is 1.30. The molecular weight excluding hydrogens is 498 g/mol. The van der Waals surface area contributed by atoms with Crippen LogP contribution in [0.1, 0.15) is 28.1 Å². The number of rotatable bonds is 10. The summed E-state index contributed by atoms with van der Waals surface area (Å²) in [7, 11) is 1.78. The van der Waals surface area contributed by atoms with Crippen molar-refractivity contribution in [2.75, 3.05) is 5.32 Å². The van der Waals surface area contributed by atoms with Crippen LogP contribution in [0.4, 0.5) is 5.13 Å². The Bertz CT molecular complexity index is 1440. The first kappa shape index (κ1) is 24.9. The van der Waals surface area contributed by atoms with E-state index >= 15 is 0 Å². The van der Waals surface area contributed by atoms with Crippen molar-refractivity contribution in [3.05, 3.63) is 137 Å². The van der Waals surface area contributed by atoms with Crippen LogP contribution >= 0.6 is 11.3 Å². The molecule has 0 aliphatic carbocycles. The third-order valence-corrected chi connectivity index (χ3v) is 6.91. The van der Waals surface area contributed by atoms with Crippen molar-refractivity contribution < 1.29 is 14.7 Å². The molecule has 0 saturated carbocycles. The number of carboxylic acid groups (broad SMARTS) is 1. The van der Waals surface area contributed by atoms with Crippen molar-refractivity contribution in [3.63, 3.8) is 0 Å². The molecule has 0 saturated heterocycles. The van der Waals surface area contributed by atoms with Gasteiger partial charge in [0.05, 0.1) is 5.69 Å². The van der Waals surface area contributed by atoms with Gasteiger partial charge >= 0.3 is 5.97 Å². The molecule has 8 nitrogen and oxygen atoms in total. The second-order valence-electron chi connectivity index (χ2n) is 8.48. The van der Waals surface area contributed by atoms with Crippen LogP contribution in [0.5, 0.6) is 0 Å². The number of hydrogen-bond acceptors (Lipinski definition) is 7. The Kier molecular flexibility index (Phi) is 7.28. The molecule has 0 bridgehead atoms. The molecule has 0 atom stereocenters. The summed E-state index contributed by atoms with van der Waals surface area (Å²) < 4.78 is 1.64. The zero-order valence-electron chi connectivity index (χ0n) is 20.6. The number of carboxylic acids is 1. The van der Waals surface area contributed by atoms with Crippen LogP contribution < -0.4 is 5.32 Å².